The number of nitrogens with zero attached hydrogens (tertiary/aromatic N) is 7. The quantitative estimate of drug-likeness (QED) is 0.237. The van der Waals surface area contributed by atoms with Gasteiger partial charge in [-0.05, 0) is 70.0 Å². The Morgan fingerprint density at radius 2 is 1.68 bits per heavy atom. The molecule has 3 aromatic heterocycles. The molecular weight excluding hydrogens is 614 g/mol. The third kappa shape index (κ3) is 5.30. The molecule has 8 rings (SSSR count). The Morgan fingerprint density at radius 3 is 2.28 bits per heavy atom. The SMILES string of the molecule is Cc1ccc(S(=O)(=O)n2c(-c3cnn(C)c3)cc3c(-c4ccc(N5CC6CC(C5)N6C(=O)OC(C)(C)C)cc4)c(C#N)cnc32)cc1. The van der Waals surface area contributed by atoms with Crippen molar-refractivity contribution in [1.82, 2.24) is 23.6 Å². The summed E-state index contributed by atoms with van der Waals surface area (Å²) >= 11 is 0. The summed E-state index contributed by atoms with van der Waals surface area (Å²) < 4.78 is 36.9. The first-order chi connectivity index (χ1) is 22.3. The van der Waals surface area contributed by atoms with Crippen LogP contribution in [-0.4, -0.2) is 68.9 Å². The van der Waals surface area contributed by atoms with Gasteiger partial charge in [-0.25, -0.2) is 22.2 Å². The molecule has 6 heterocycles. The average molecular weight is 650 g/mol. The molecular formula is C35H35N7O4S. The minimum Gasteiger partial charge on any atom is -0.444 e. The summed E-state index contributed by atoms with van der Waals surface area (Å²) in [5, 5.41) is 15.0. The van der Waals surface area contributed by atoms with E-state index in [0.717, 1.165) is 23.2 Å². The van der Waals surface area contributed by atoms with Crippen LogP contribution >= 0.6 is 0 Å². The van der Waals surface area contributed by atoms with Gasteiger partial charge in [-0.15, -0.1) is 0 Å². The largest absolute Gasteiger partial charge is 0.444 e. The van der Waals surface area contributed by atoms with Gasteiger partial charge in [0.1, 0.15) is 11.7 Å². The summed E-state index contributed by atoms with van der Waals surface area (Å²) in [7, 11) is -2.31. The van der Waals surface area contributed by atoms with Crippen LogP contribution in [0.2, 0.25) is 0 Å². The predicted octanol–water partition coefficient (Wildman–Crippen LogP) is 5.72. The van der Waals surface area contributed by atoms with Crippen molar-refractivity contribution in [3.8, 4) is 28.5 Å². The van der Waals surface area contributed by atoms with Crippen LogP contribution < -0.4 is 4.90 Å². The lowest BCUT2D eigenvalue weighted by Gasteiger charge is -2.56. The number of piperazine rings is 1. The van der Waals surface area contributed by atoms with Crippen LogP contribution in [-0.2, 0) is 21.8 Å². The number of carbonyl (C=O) groups is 1. The van der Waals surface area contributed by atoms with Gasteiger partial charge in [0.25, 0.3) is 10.0 Å². The van der Waals surface area contributed by atoms with Crippen LogP contribution in [0.1, 0.15) is 38.3 Å². The van der Waals surface area contributed by atoms with E-state index in [4.69, 9.17) is 4.74 Å². The van der Waals surface area contributed by atoms with Gasteiger partial charge in [-0.1, -0.05) is 29.8 Å². The Kier molecular flexibility index (Phi) is 7.13. The number of aryl methyl sites for hydroxylation is 2. The van der Waals surface area contributed by atoms with E-state index >= 15 is 0 Å². The van der Waals surface area contributed by atoms with E-state index in [1.165, 1.54) is 10.2 Å². The standard InChI is InChI=1S/C35H35N7O4S/c1-22-6-12-29(13-7-22)47(44,45)42-31(25-18-38-39(5)19-25)15-30-32(24(16-36)17-37-33(30)42)23-8-10-26(11-9-23)40-20-27-14-28(21-40)41(27)34(43)46-35(2,3)4/h6-13,15,17-19,27-28H,14,20-21H2,1-5H3. The van der Waals surface area contributed by atoms with Crippen LogP contribution in [0, 0.1) is 18.3 Å². The molecule has 5 aromatic rings. The van der Waals surface area contributed by atoms with Crippen molar-refractivity contribution in [1.29, 1.82) is 5.26 Å². The van der Waals surface area contributed by atoms with E-state index in [9.17, 15) is 18.5 Å². The lowest BCUT2D eigenvalue weighted by molar-refractivity contribution is -0.0379. The monoisotopic (exact) mass is 649 g/mol. The number of fused-ring (bicyclic) bond motifs is 3. The summed E-state index contributed by atoms with van der Waals surface area (Å²) in [6.45, 7) is 8.93. The molecule has 2 aromatic carbocycles. The molecule has 2 unspecified atom stereocenters. The number of piperidine rings is 1. The highest BCUT2D eigenvalue weighted by atomic mass is 32.2. The summed E-state index contributed by atoms with van der Waals surface area (Å²) in [6.07, 6.45) is 5.49. The Balaban J connectivity index is 1.27. The first kappa shape index (κ1) is 30.5. The number of hydrogen-bond donors (Lipinski definition) is 0. The van der Waals surface area contributed by atoms with Crippen LogP contribution in [0.5, 0.6) is 0 Å². The highest BCUT2D eigenvalue weighted by Gasteiger charge is 2.48. The van der Waals surface area contributed by atoms with E-state index < -0.39 is 15.6 Å². The highest BCUT2D eigenvalue weighted by Crippen LogP contribution is 2.40. The number of amides is 1. The fourth-order valence-electron chi connectivity index (χ4n) is 6.61. The number of benzene rings is 2. The van der Waals surface area contributed by atoms with Crippen molar-refractivity contribution in [2.45, 2.75) is 56.7 Å². The van der Waals surface area contributed by atoms with Gasteiger partial charge in [0.15, 0.2) is 5.65 Å². The predicted molar refractivity (Wildman–Crippen MR) is 178 cm³/mol. The van der Waals surface area contributed by atoms with Crippen LogP contribution in [0.25, 0.3) is 33.4 Å². The molecule has 2 bridgehead atoms. The topological polar surface area (TPSA) is 126 Å². The Bertz CT molecular complexity index is 2160. The molecule has 3 aliphatic heterocycles. The molecule has 47 heavy (non-hydrogen) atoms. The zero-order chi connectivity index (χ0) is 33.2. The molecule has 0 spiro atoms. The number of rotatable bonds is 5. The van der Waals surface area contributed by atoms with E-state index in [2.05, 4.69) is 21.1 Å². The second kappa shape index (κ2) is 11.0. The molecule has 0 aliphatic carbocycles. The fourth-order valence-corrected chi connectivity index (χ4v) is 8.09. The Morgan fingerprint density at radius 1 is 1.00 bits per heavy atom. The number of carbonyl (C=O) groups excluding carboxylic acids is 1. The Labute approximate surface area is 273 Å². The summed E-state index contributed by atoms with van der Waals surface area (Å²) in [6, 6.07) is 18.8. The Hall–Kier alpha value is -5.15. The summed E-state index contributed by atoms with van der Waals surface area (Å²) in [5.74, 6) is 0. The van der Waals surface area contributed by atoms with Crippen LogP contribution in [0.15, 0.2) is 78.1 Å². The second-order valence-electron chi connectivity index (χ2n) is 13.3. The zero-order valence-corrected chi connectivity index (χ0v) is 27.7. The zero-order valence-electron chi connectivity index (χ0n) is 26.9. The minimum atomic E-state index is -4.08. The number of anilines is 1. The lowest BCUT2D eigenvalue weighted by atomic mass is 9.87. The molecule has 0 N–H and O–H groups in total. The third-order valence-electron chi connectivity index (χ3n) is 8.79. The van der Waals surface area contributed by atoms with Gasteiger partial charge in [0.2, 0.25) is 0 Å². The first-order valence-corrected chi connectivity index (χ1v) is 16.9. The fraction of sp³-hybridized carbons (Fsp3) is 0.314. The smallest absolute Gasteiger partial charge is 0.410 e. The van der Waals surface area contributed by atoms with Crippen LogP contribution in [0.4, 0.5) is 10.5 Å². The van der Waals surface area contributed by atoms with E-state index in [1.54, 1.807) is 54.5 Å². The van der Waals surface area contributed by atoms with Gasteiger partial charge in [-0.2, -0.15) is 10.4 Å². The molecule has 11 nitrogen and oxygen atoms in total. The number of nitriles is 1. The minimum absolute atomic E-state index is 0.0921. The first-order valence-electron chi connectivity index (χ1n) is 15.5. The maximum atomic E-state index is 14.2. The number of aromatic nitrogens is 4. The molecule has 2 atom stereocenters. The maximum absolute atomic E-state index is 14.2. The van der Waals surface area contributed by atoms with E-state index in [-0.39, 0.29) is 28.7 Å². The van der Waals surface area contributed by atoms with E-state index in [1.807, 2.05) is 56.9 Å². The molecule has 3 aliphatic rings. The average Bonchev–Trinajstić information content (AvgIpc) is 3.64. The van der Waals surface area contributed by atoms with Gasteiger partial charge < -0.3 is 9.64 Å². The molecule has 3 saturated heterocycles. The van der Waals surface area contributed by atoms with Crippen molar-refractivity contribution in [2.75, 3.05) is 18.0 Å². The molecule has 3 fully saturated rings. The van der Waals surface area contributed by atoms with Crippen molar-refractivity contribution in [2.24, 2.45) is 7.05 Å². The molecule has 0 radical (unpaired) electrons. The third-order valence-corrected chi connectivity index (χ3v) is 10.5. The maximum Gasteiger partial charge on any atom is 0.410 e. The second-order valence-corrected chi connectivity index (χ2v) is 15.1. The number of ether oxygens (including phenoxy) is 1. The van der Waals surface area contributed by atoms with Crippen molar-refractivity contribution in [3.63, 3.8) is 0 Å². The molecule has 12 heteroatoms. The van der Waals surface area contributed by atoms with Gasteiger partial charge >= 0.3 is 6.09 Å². The molecule has 240 valence electrons. The van der Waals surface area contributed by atoms with Crippen molar-refractivity contribution < 1.29 is 17.9 Å². The summed E-state index contributed by atoms with van der Waals surface area (Å²) in [4.78, 5) is 21.5. The molecule has 1 amide bonds. The van der Waals surface area contributed by atoms with Crippen molar-refractivity contribution >= 4 is 32.8 Å². The van der Waals surface area contributed by atoms with Crippen LogP contribution in [0.3, 0.4) is 0 Å². The van der Waals surface area contributed by atoms with Crippen molar-refractivity contribution in [3.05, 3.63) is 84.3 Å². The molecule has 0 saturated carbocycles. The normalized spacial score (nSPS) is 17.8. The van der Waals surface area contributed by atoms with Gasteiger partial charge in [0, 0.05) is 54.7 Å². The lowest BCUT2D eigenvalue weighted by Crippen LogP contribution is -2.70. The number of pyridine rings is 1. The number of hydrogen-bond acceptors (Lipinski definition) is 8. The highest BCUT2D eigenvalue weighted by molar-refractivity contribution is 7.90. The summed E-state index contributed by atoms with van der Waals surface area (Å²) in [5.41, 5.74) is 4.33. The van der Waals surface area contributed by atoms with Gasteiger partial charge in [-0.3, -0.25) is 9.58 Å². The van der Waals surface area contributed by atoms with E-state index in [0.29, 0.717) is 40.9 Å². The van der Waals surface area contributed by atoms with Gasteiger partial charge in [0.05, 0.1) is 34.4 Å².